The van der Waals surface area contributed by atoms with E-state index in [1.807, 2.05) is 0 Å². The Balaban J connectivity index is 3.25. The molecular formula is C10H10O6. The summed E-state index contributed by atoms with van der Waals surface area (Å²) in [6.07, 6.45) is 1.81. The van der Waals surface area contributed by atoms with Crippen molar-refractivity contribution in [1.29, 1.82) is 0 Å². The van der Waals surface area contributed by atoms with Crippen LogP contribution in [0.3, 0.4) is 0 Å². The third-order valence-electron chi connectivity index (χ3n) is 2.37. The fraction of sp³-hybridized carbons (Fsp3) is 0.300. The molecule has 1 atom stereocenters. The summed E-state index contributed by atoms with van der Waals surface area (Å²) in [4.78, 5) is 32.4. The minimum atomic E-state index is -1.49. The number of rotatable bonds is 3. The van der Waals surface area contributed by atoms with Crippen LogP contribution in [0, 0.1) is 5.41 Å². The molecule has 0 radical (unpaired) electrons. The molecule has 1 rings (SSSR count). The molecule has 0 aromatic heterocycles. The van der Waals surface area contributed by atoms with Gasteiger partial charge in [-0.15, -0.1) is 0 Å². The summed E-state index contributed by atoms with van der Waals surface area (Å²) in [5.41, 5.74) is -2.02. The van der Waals surface area contributed by atoms with Crippen molar-refractivity contribution in [2.24, 2.45) is 5.41 Å². The lowest BCUT2D eigenvalue weighted by atomic mass is 9.78. The lowest BCUT2D eigenvalue weighted by Crippen LogP contribution is -2.30. The highest BCUT2D eigenvalue weighted by Crippen LogP contribution is 2.34. The van der Waals surface area contributed by atoms with Gasteiger partial charge >= 0.3 is 17.9 Å². The predicted octanol–water partition coefficient (Wildman–Crippen LogP) is 0.503. The lowest BCUT2D eigenvalue weighted by molar-refractivity contribution is -0.145. The molecule has 0 aromatic rings. The van der Waals surface area contributed by atoms with Gasteiger partial charge in [0.1, 0.15) is 0 Å². The first kappa shape index (κ1) is 12.0. The van der Waals surface area contributed by atoms with E-state index in [0.717, 1.165) is 12.2 Å². The minimum Gasteiger partial charge on any atom is -0.481 e. The molecule has 0 saturated carbocycles. The number of carboxylic acids is 3. The largest absolute Gasteiger partial charge is 0.481 e. The average Bonchev–Trinajstić information content (AvgIpc) is 2.16. The smallest absolute Gasteiger partial charge is 0.335 e. The van der Waals surface area contributed by atoms with Gasteiger partial charge in [-0.3, -0.25) is 4.79 Å². The van der Waals surface area contributed by atoms with Crippen LogP contribution in [0.2, 0.25) is 0 Å². The molecule has 0 fully saturated rings. The highest BCUT2D eigenvalue weighted by Gasteiger charge is 2.37. The van der Waals surface area contributed by atoms with Crippen LogP contribution in [-0.2, 0) is 14.4 Å². The first-order chi connectivity index (χ1) is 7.26. The molecule has 86 valence electrons. The molecule has 0 amide bonds. The summed E-state index contributed by atoms with van der Waals surface area (Å²) in [7, 11) is 0. The van der Waals surface area contributed by atoms with E-state index in [1.165, 1.54) is 6.92 Å². The van der Waals surface area contributed by atoms with Crippen molar-refractivity contribution in [1.82, 2.24) is 0 Å². The maximum Gasteiger partial charge on any atom is 0.335 e. The summed E-state index contributed by atoms with van der Waals surface area (Å²) in [5, 5.41) is 26.5. The number of hydrogen-bond donors (Lipinski definition) is 3. The van der Waals surface area contributed by atoms with E-state index in [-0.39, 0.29) is 17.6 Å². The van der Waals surface area contributed by atoms with Crippen LogP contribution >= 0.6 is 0 Å². The number of aliphatic carboxylic acids is 3. The zero-order valence-electron chi connectivity index (χ0n) is 8.43. The van der Waals surface area contributed by atoms with Crippen LogP contribution in [0.4, 0.5) is 0 Å². The van der Waals surface area contributed by atoms with E-state index < -0.39 is 23.3 Å². The predicted molar refractivity (Wildman–Crippen MR) is 51.8 cm³/mol. The van der Waals surface area contributed by atoms with Crippen LogP contribution in [0.25, 0.3) is 0 Å². The standard InChI is InChI=1S/C10H10O6/c1-10(9(15)16)3-5(7(11)12)2-6(4-10)8(13)14/h2-3H,4H2,1H3,(H,11,12)(H,13,14)(H,15,16). The van der Waals surface area contributed by atoms with Crippen LogP contribution in [-0.4, -0.2) is 33.2 Å². The Bertz CT molecular complexity index is 431. The second-order valence-electron chi connectivity index (χ2n) is 3.78. The van der Waals surface area contributed by atoms with Gasteiger partial charge in [0, 0.05) is 5.57 Å². The molecule has 0 aromatic carbocycles. The fourth-order valence-corrected chi connectivity index (χ4v) is 1.47. The maximum atomic E-state index is 11.0. The molecule has 16 heavy (non-hydrogen) atoms. The molecule has 1 unspecified atom stereocenters. The van der Waals surface area contributed by atoms with Gasteiger partial charge < -0.3 is 15.3 Å². The first-order valence-corrected chi connectivity index (χ1v) is 4.40. The van der Waals surface area contributed by atoms with Crippen LogP contribution < -0.4 is 0 Å². The summed E-state index contributed by atoms with van der Waals surface area (Å²) in [6.45, 7) is 1.29. The molecule has 0 bridgehead atoms. The minimum absolute atomic E-state index is 0.218. The summed E-state index contributed by atoms with van der Waals surface area (Å²) in [6, 6.07) is 0. The second-order valence-corrected chi connectivity index (χ2v) is 3.78. The molecule has 6 heteroatoms. The molecule has 0 spiro atoms. The summed E-state index contributed by atoms with van der Waals surface area (Å²) >= 11 is 0. The third kappa shape index (κ3) is 2.10. The Kier molecular flexibility index (Phi) is 2.84. The fourth-order valence-electron chi connectivity index (χ4n) is 1.47. The topological polar surface area (TPSA) is 112 Å². The Hall–Kier alpha value is -2.11. The number of carboxylic acid groups (broad SMARTS) is 3. The summed E-state index contributed by atoms with van der Waals surface area (Å²) < 4.78 is 0. The van der Waals surface area contributed by atoms with E-state index in [9.17, 15) is 14.4 Å². The van der Waals surface area contributed by atoms with E-state index in [4.69, 9.17) is 15.3 Å². The van der Waals surface area contributed by atoms with Crippen LogP contribution in [0.5, 0.6) is 0 Å². The van der Waals surface area contributed by atoms with Crippen LogP contribution in [0.1, 0.15) is 13.3 Å². The highest BCUT2D eigenvalue weighted by atomic mass is 16.4. The Morgan fingerprint density at radius 1 is 1.19 bits per heavy atom. The molecule has 6 nitrogen and oxygen atoms in total. The zero-order valence-corrected chi connectivity index (χ0v) is 8.43. The van der Waals surface area contributed by atoms with E-state index in [0.29, 0.717) is 0 Å². The SMILES string of the molecule is CC1(C(=O)O)C=C(C(=O)O)C=C(C(=O)O)C1. The molecule has 1 aliphatic rings. The second kappa shape index (κ2) is 3.80. The van der Waals surface area contributed by atoms with Crippen molar-refractivity contribution in [2.75, 3.05) is 0 Å². The van der Waals surface area contributed by atoms with E-state index >= 15 is 0 Å². The Morgan fingerprint density at radius 2 is 1.75 bits per heavy atom. The third-order valence-corrected chi connectivity index (χ3v) is 2.37. The van der Waals surface area contributed by atoms with Gasteiger partial charge in [0.2, 0.25) is 0 Å². The maximum absolute atomic E-state index is 11.0. The normalized spacial score (nSPS) is 24.3. The number of hydrogen-bond acceptors (Lipinski definition) is 3. The molecule has 0 aliphatic heterocycles. The van der Waals surface area contributed by atoms with Gasteiger partial charge in [0.15, 0.2) is 0 Å². The molecule has 0 saturated heterocycles. The lowest BCUT2D eigenvalue weighted by Gasteiger charge is -2.25. The monoisotopic (exact) mass is 226 g/mol. The molecule has 0 heterocycles. The number of carbonyl (C=O) groups is 3. The highest BCUT2D eigenvalue weighted by molar-refractivity contribution is 5.98. The van der Waals surface area contributed by atoms with Gasteiger partial charge in [-0.1, -0.05) is 6.08 Å². The summed E-state index contributed by atoms with van der Waals surface area (Å²) in [5.74, 6) is -3.90. The van der Waals surface area contributed by atoms with Crippen molar-refractivity contribution in [2.45, 2.75) is 13.3 Å². The quantitative estimate of drug-likeness (QED) is 0.646. The van der Waals surface area contributed by atoms with Crippen molar-refractivity contribution >= 4 is 17.9 Å². The average molecular weight is 226 g/mol. The van der Waals surface area contributed by atoms with Gasteiger partial charge in [0.05, 0.1) is 11.0 Å². The van der Waals surface area contributed by atoms with Crippen molar-refractivity contribution < 1.29 is 29.7 Å². The van der Waals surface area contributed by atoms with E-state index in [2.05, 4.69) is 0 Å². The van der Waals surface area contributed by atoms with Gasteiger partial charge in [-0.25, -0.2) is 9.59 Å². The van der Waals surface area contributed by atoms with Crippen molar-refractivity contribution in [3.8, 4) is 0 Å². The van der Waals surface area contributed by atoms with Gasteiger partial charge in [0.25, 0.3) is 0 Å². The van der Waals surface area contributed by atoms with Gasteiger partial charge in [-0.05, 0) is 19.4 Å². The van der Waals surface area contributed by atoms with Crippen LogP contribution in [0.15, 0.2) is 23.3 Å². The van der Waals surface area contributed by atoms with E-state index in [1.54, 1.807) is 0 Å². The molecule has 1 aliphatic carbocycles. The van der Waals surface area contributed by atoms with Crippen molar-refractivity contribution in [3.05, 3.63) is 23.3 Å². The Labute approximate surface area is 90.5 Å². The molecular weight excluding hydrogens is 216 g/mol. The van der Waals surface area contributed by atoms with Gasteiger partial charge in [-0.2, -0.15) is 0 Å². The molecule has 3 N–H and O–H groups in total. The first-order valence-electron chi connectivity index (χ1n) is 4.40. The Morgan fingerprint density at radius 3 is 2.12 bits per heavy atom. The van der Waals surface area contributed by atoms with Crippen molar-refractivity contribution in [3.63, 3.8) is 0 Å². The zero-order chi connectivity index (χ0) is 12.5.